The number of aryl methyl sites for hydroxylation is 1. The first-order valence-corrected chi connectivity index (χ1v) is 9.97. The summed E-state index contributed by atoms with van der Waals surface area (Å²) in [5, 5.41) is 11.7. The Morgan fingerprint density at radius 3 is 2.73 bits per heavy atom. The van der Waals surface area contributed by atoms with Crippen LogP contribution in [0, 0.1) is 0 Å². The molecule has 4 aromatic heterocycles. The average Bonchev–Trinajstić information content (AvgIpc) is 3.40. The largest absolute Gasteiger partial charge is 0.355 e. The number of aromatic nitrogens is 6. The van der Waals surface area contributed by atoms with Crippen LogP contribution in [0.25, 0.3) is 17.2 Å². The van der Waals surface area contributed by atoms with Crippen LogP contribution in [0.4, 0.5) is 5.82 Å². The minimum absolute atomic E-state index is 0.0821. The van der Waals surface area contributed by atoms with E-state index in [-0.39, 0.29) is 11.9 Å². The van der Waals surface area contributed by atoms with Crippen molar-refractivity contribution < 1.29 is 4.79 Å². The molecule has 5 rings (SSSR count). The first kappa shape index (κ1) is 18.3. The molecule has 1 amide bonds. The Balaban J connectivity index is 1.29. The number of hydrogen-bond donors (Lipinski definition) is 1. The van der Waals surface area contributed by atoms with E-state index in [1.54, 1.807) is 24.7 Å². The van der Waals surface area contributed by atoms with E-state index in [2.05, 4.69) is 30.4 Å². The van der Waals surface area contributed by atoms with Gasteiger partial charge in [-0.05, 0) is 37.1 Å². The maximum absolute atomic E-state index is 12.9. The van der Waals surface area contributed by atoms with Gasteiger partial charge < -0.3 is 14.8 Å². The van der Waals surface area contributed by atoms with Gasteiger partial charge in [0.1, 0.15) is 5.82 Å². The summed E-state index contributed by atoms with van der Waals surface area (Å²) in [4.78, 5) is 23.6. The van der Waals surface area contributed by atoms with Gasteiger partial charge in [0.05, 0.1) is 17.5 Å². The van der Waals surface area contributed by atoms with Crippen LogP contribution in [0.2, 0.25) is 0 Å². The molecule has 9 heteroatoms. The third-order valence-electron chi connectivity index (χ3n) is 5.54. The van der Waals surface area contributed by atoms with Crippen molar-refractivity contribution in [1.29, 1.82) is 0 Å². The summed E-state index contributed by atoms with van der Waals surface area (Å²) in [5.74, 6) is 1.51. The quantitative estimate of drug-likeness (QED) is 0.561. The van der Waals surface area contributed by atoms with Gasteiger partial charge in [0.25, 0.3) is 5.91 Å². The standard InChI is InChI=1S/C21H22N8O/c1-27-10-2-3-17(27)20-26-25-18-5-4-15(14-29(18)20)21(30)24-16-6-11-28(12-7-16)19-13-22-8-9-23-19/h2-5,8-10,13-14,16H,6-7,11-12H2,1H3,(H,24,30). The van der Waals surface area contributed by atoms with Crippen LogP contribution in [0.15, 0.2) is 55.2 Å². The van der Waals surface area contributed by atoms with Crippen molar-refractivity contribution in [2.24, 2.45) is 7.05 Å². The van der Waals surface area contributed by atoms with Gasteiger partial charge in [-0.1, -0.05) is 0 Å². The number of hydrogen-bond acceptors (Lipinski definition) is 6. The number of anilines is 1. The van der Waals surface area contributed by atoms with Crippen molar-refractivity contribution in [2.45, 2.75) is 18.9 Å². The molecule has 1 saturated heterocycles. The summed E-state index contributed by atoms with van der Waals surface area (Å²) in [7, 11) is 1.96. The molecule has 4 aromatic rings. The van der Waals surface area contributed by atoms with Gasteiger partial charge in [-0.2, -0.15) is 0 Å². The molecule has 0 unspecified atom stereocenters. The maximum Gasteiger partial charge on any atom is 0.253 e. The highest BCUT2D eigenvalue weighted by Gasteiger charge is 2.22. The van der Waals surface area contributed by atoms with Crippen molar-refractivity contribution in [1.82, 2.24) is 34.4 Å². The first-order valence-electron chi connectivity index (χ1n) is 9.97. The molecule has 0 saturated carbocycles. The summed E-state index contributed by atoms with van der Waals surface area (Å²) in [6.07, 6.45) is 10.7. The van der Waals surface area contributed by atoms with Crippen LogP contribution in [0.3, 0.4) is 0 Å². The van der Waals surface area contributed by atoms with Crippen molar-refractivity contribution in [2.75, 3.05) is 18.0 Å². The lowest BCUT2D eigenvalue weighted by Gasteiger charge is -2.32. The fourth-order valence-corrected chi connectivity index (χ4v) is 3.87. The Kier molecular flexibility index (Phi) is 4.62. The first-order chi connectivity index (χ1) is 14.7. The fraction of sp³-hybridized carbons (Fsp3) is 0.286. The maximum atomic E-state index is 12.9. The van der Waals surface area contributed by atoms with Crippen molar-refractivity contribution >= 4 is 17.4 Å². The highest BCUT2D eigenvalue weighted by Crippen LogP contribution is 2.20. The zero-order valence-corrected chi connectivity index (χ0v) is 16.6. The molecule has 1 fully saturated rings. The summed E-state index contributed by atoms with van der Waals surface area (Å²) < 4.78 is 3.84. The van der Waals surface area contributed by atoms with Crippen molar-refractivity contribution in [3.8, 4) is 11.5 Å². The molecular formula is C21H22N8O. The summed E-state index contributed by atoms with van der Waals surface area (Å²) >= 11 is 0. The van der Waals surface area contributed by atoms with Crippen LogP contribution in [-0.4, -0.2) is 54.2 Å². The molecule has 1 aliphatic rings. The van der Waals surface area contributed by atoms with Gasteiger partial charge in [0, 0.05) is 51.0 Å². The summed E-state index contributed by atoms with van der Waals surface area (Å²) in [5.41, 5.74) is 2.24. The van der Waals surface area contributed by atoms with E-state index in [0.29, 0.717) is 17.0 Å². The molecule has 0 bridgehead atoms. The van der Waals surface area contributed by atoms with E-state index < -0.39 is 0 Å². The molecule has 1 aliphatic heterocycles. The molecule has 152 valence electrons. The molecule has 30 heavy (non-hydrogen) atoms. The lowest BCUT2D eigenvalue weighted by atomic mass is 10.0. The molecule has 0 aliphatic carbocycles. The van der Waals surface area contributed by atoms with Gasteiger partial charge in [-0.25, -0.2) is 4.98 Å². The summed E-state index contributed by atoms with van der Waals surface area (Å²) in [6.45, 7) is 1.68. The van der Waals surface area contributed by atoms with Crippen LogP contribution in [0.5, 0.6) is 0 Å². The fourth-order valence-electron chi connectivity index (χ4n) is 3.87. The van der Waals surface area contributed by atoms with E-state index in [1.165, 1.54) is 0 Å². The number of pyridine rings is 1. The van der Waals surface area contributed by atoms with Gasteiger partial charge in [-0.3, -0.25) is 14.2 Å². The van der Waals surface area contributed by atoms with Gasteiger partial charge in [-0.15, -0.1) is 10.2 Å². The lowest BCUT2D eigenvalue weighted by molar-refractivity contribution is 0.0930. The van der Waals surface area contributed by atoms with Crippen molar-refractivity contribution in [3.05, 3.63) is 60.8 Å². The number of nitrogens with one attached hydrogen (secondary N) is 1. The smallest absolute Gasteiger partial charge is 0.253 e. The van der Waals surface area contributed by atoms with E-state index in [1.807, 2.05) is 46.6 Å². The number of fused-ring (bicyclic) bond motifs is 1. The molecule has 0 radical (unpaired) electrons. The average molecular weight is 402 g/mol. The van der Waals surface area contributed by atoms with Crippen LogP contribution < -0.4 is 10.2 Å². The van der Waals surface area contributed by atoms with E-state index >= 15 is 0 Å². The number of carbonyl (C=O) groups is 1. The van der Waals surface area contributed by atoms with E-state index in [9.17, 15) is 4.79 Å². The molecular weight excluding hydrogens is 380 g/mol. The zero-order chi connectivity index (χ0) is 20.5. The van der Waals surface area contributed by atoms with E-state index in [0.717, 1.165) is 37.4 Å². The Bertz CT molecular complexity index is 1170. The van der Waals surface area contributed by atoms with Crippen LogP contribution >= 0.6 is 0 Å². The molecule has 1 N–H and O–H groups in total. The number of rotatable bonds is 4. The predicted molar refractivity (Wildman–Crippen MR) is 112 cm³/mol. The monoisotopic (exact) mass is 402 g/mol. The summed E-state index contributed by atoms with van der Waals surface area (Å²) in [6, 6.07) is 7.69. The Morgan fingerprint density at radius 2 is 2.00 bits per heavy atom. The number of piperidine rings is 1. The second-order valence-corrected chi connectivity index (χ2v) is 7.47. The highest BCUT2D eigenvalue weighted by molar-refractivity contribution is 5.94. The minimum atomic E-state index is -0.0821. The predicted octanol–water partition coefficient (Wildman–Crippen LogP) is 1.92. The Labute approximate surface area is 173 Å². The molecule has 0 spiro atoms. The van der Waals surface area contributed by atoms with Gasteiger partial charge in [0.15, 0.2) is 11.5 Å². The minimum Gasteiger partial charge on any atom is -0.355 e. The Morgan fingerprint density at radius 1 is 1.13 bits per heavy atom. The number of nitrogens with zero attached hydrogens (tertiary/aromatic N) is 7. The third-order valence-corrected chi connectivity index (χ3v) is 5.54. The highest BCUT2D eigenvalue weighted by atomic mass is 16.1. The lowest BCUT2D eigenvalue weighted by Crippen LogP contribution is -2.45. The van der Waals surface area contributed by atoms with E-state index in [4.69, 9.17) is 0 Å². The van der Waals surface area contributed by atoms with Gasteiger partial charge >= 0.3 is 0 Å². The normalized spacial score (nSPS) is 14.9. The molecule has 0 atom stereocenters. The second-order valence-electron chi connectivity index (χ2n) is 7.47. The molecule has 5 heterocycles. The molecule has 9 nitrogen and oxygen atoms in total. The second kappa shape index (κ2) is 7.58. The van der Waals surface area contributed by atoms with Crippen LogP contribution in [0.1, 0.15) is 23.2 Å². The van der Waals surface area contributed by atoms with Crippen LogP contribution in [-0.2, 0) is 7.05 Å². The number of amides is 1. The molecule has 0 aromatic carbocycles. The van der Waals surface area contributed by atoms with Gasteiger partial charge in [0.2, 0.25) is 0 Å². The Hall–Kier alpha value is -3.75. The SMILES string of the molecule is Cn1cccc1-c1nnc2ccc(C(=O)NC3CCN(c4cnccn4)CC3)cn12. The third kappa shape index (κ3) is 3.38. The number of carbonyl (C=O) groups excluding carboxylic acids is 1. The van der Waals surface area contributed by atoms with Crippen molar-refractivity contribution in [3.63, 3.8) is 0 Å². The zero-order valence-electron chi connectivity index (χ0n) is 16.6. The topological polar surface area (TPSA) is 93.2 Å².